The summed E-state index contributed by atoms with van der Waals surface area (Å²) in [6.07, 6.45) is 2.60. The van der Waals surface area contributed by atoms with Crippen LogP contribution in [0.25, 0.3) is 0 Å². The van der Waals surface area contributed by atoms with Crippen LogP contribution in [0.3, 0.4) is 0 Å². The van der Waals surface area contributed by atoms with E-state index in [1.54, 1.807) is 0 Å². The van der Waals surface area contributed by atoms with E-state index in [9.17, 15) is 9.90 Å². The SMILES string of the molecule is CC1=NCC(C)=C1CCC(=O)C1(C)CCc2c(C)c(O)c(C)c(C)c2O1. The van der Waals surface area contributed by atoms with Gasteiger partial charge in [-0.3, -0.25) is 9.79 Å². The van der Waals surface area contributed by atoms with E-state index in [1.165, 1.54) is 11.1 Å². The van der Waals surface area contributed by atoms with Crippen molar-refractivity contribution in [2.45, 2.75) is 72.8 Å². The molecule has 0 radical (unpaired) electrons. The predicted octanol–water partition coefficient (Wildman–Crippen LogP) is 4.54. The lowest BCUT2D eigenvalue weighted by Gasteiger charge is -2.37. The van der Waals surface area contributed by atoms with Gasteiger partial charge in [0.15, 0.2) is 11.4 Å². The summed E-state index contributed by atoms with van der Waals surface area (Å²) in [7, 11) is 0. The number of aliphatic imine (C=N–C) groups is 1. The maximum absolute atomic E-state index is 13.0. The predicted molar refractivity (Wildman–Crippen MR) is 105 cm³/mol. The lowest BCUT2D eigenvalue weighted by molar-refractivity contribution is -0.134. The third-order valence-electron chi connectivity index (χ3n) is 6.22. The molecule has 4 heteroatoms. The molecule has 2 aliphatic rings. The Bertz CT molecular complexity index is 848. The maximum Gasteiger partial charge on any atom is 0.176 e. The van der Waals surface area contributed by atoms with Gasteiger partial charge in [0.05, 0.1) is 6.54 Å². The molecule has 0 fully saturated rings. The molecule has 0 aliphatic carbocycles. The molecule has 2 heterocycles. The summed E-state index contributed by atoms with van der Waals surface area (Å²) >= 11 is 0. The molecule has 1 unspecified atom stereocenters. The van der Waals surface area contributed by atoms with Crippen molar-refractivity contribution in [2.75, 3.05) is 6.54 Å². The molecule has 1 aromatic rings. The van der Waals surface area contributed by atoms with Crippen LogP contribution in [0.2, 0.25) is 0 Å². The van der Waals surface area contributed by atoms with E-state index in [0.717, 1.165) is 53.1 Å². The fourth-order valence-corrected chi connectivity index (χ4v) is 4.08. The molecule has 3 rings (SSSR count). The van der Waals surface area contributed by atoms with Crippen LogP contribution in [0.4, 0.5) is 0 Å². The molecule has 4 nitrogen and oxygen atoms in total. The number of carbonyl (C=O) groups is 1. The zero-order valence-corrected chi connectivity index (χ0v) is 16.7. The Balaban J connectivity index is 1.81. The van der Waals surface area contributed by atoms with Crippen LogP contribution in [0.5, 0.6) is 11.5 Å². The minimum atomic E-state index is -0.800. The highest BCUT2D eigenvalue weighted by atomic mass is 16.5. The number of phenolic OH excluding ortho intramolecular Hbond substituents is 1. The number of allylic oxidation sites excluding steroid dienone is 1. The van der Waals surface area contributed by atoms with Crippen molar-refractivity contribution in [3.05, 3.63) is 33.4 Å². The van der Waals surface area contributed by atoms with Gasteiger partial charge in [0, 0.05) is 17.7 Å². The van der Waals surface area contributed by atoms with Gasteiger partial charge in [0.1, 0.15) is 11.5 Å². The molecule has 2 aliphatic heterocycles. The molecule has 0 amide bonds. The van der Waals surface area contributed by atoms with Gasteiger partial charge in [0.2, 0.25) is 0 Å². The highest BCUT2D eigenvalue weighted by Gasteiger charge is 2.40. The molecular formula is C22H29NO3. The summed E-state index contributed by atoms with van der Waals surface area (Å²) in [5, 5.41) is 10.3. The molecule has 1 atom stereocenters. The molecule has 0 saturated heterocycles. The Morgan fingerprint density at radius 3 is 2.46 bits per heavy atom. The van der Waals surface area contributed by atoms with Gasteiger partial charge in [-0.1, -0.05) is 0 Å². The van der Waals surface area contributed by atoms with E-state index in [4.69, 9.17) is 4.74 Å². The molecule has 0 aromatic heterocycles. The van der Waals surface area contributed by atoms with E-state index < -0.39 is 5.60 Å². The highest BCUT2D eigenvalue weighted by Crippen LogP contribution is 2.43. The standard InChI is InChI=1S/C22H29NO3/c1-12-11-23-16(5)17(12)7-8-19(24)22(6)10-9-18-15(4)20(25)13(2)14(3)21(18)26-22/h25H,7-11H2,1-6H3. The van der Waals surface area contributed by atoms with Gasteiger partial charge in [-0.05, 0) is 88.6 Å². The van der Waals surface area contributed by atoms with Crippen LogP contribution in [0.1, 0.15) is 62.3 Å². The number of ketones is 1. The second-order valence-electron chi connectivity index (χ2n) is 7.95. The number of aromatic hydroxyl groups is 1. The second kappa shape index (κ2) is 6.57. The van der Waals surface area contributed by atoms with Gasteiger partial charge < -0.3 is 9.84 Å². The zero-order chi connectivity index (χ0) is 19.2. The first-order chi connectivity index (χ1) is 12.2. The summed E-state index contributed by atoms with van der Waals surface area (Å²) in [4.78, 5) is 17.5. The molecule has 26 heavy (non-hydrogen) atoms. The number of nitrogens with zero attached hydrogens (tertiary/aromatic N) is 1. The average molecular weight is 355 g/mol. The molecule has 1 N–H and O–H groups in total. The number of fused-ring (bicyclic) bond motifs is 1. The normalized spacial score (nSPS) is 22.2. The first kappa shape index (κ1) is 18.7. The van der Waals surface area contributed by atoms with Gasteiger partial charge in [-0.2, -0.15) is 0 Å². The smallest absolute Gasteiger partial charge is 0.176 e. The van der Waals surface area contributed by atoms with Crippen LogP contribution in [0.15, 0.2) is 16.1 Å². The third kappa shape index (κ3) is 2.95. The van der Waals surface area contributed by atoms with E-state index in [1.807, 2.05) is 34.6 Å². The number of ether oxygens (including phenoxy) is 1. The number of benzene rings is 1. The number of hydrogen-bond acceptors (Lipinski definition) is 4. The number of hydrogen-bond donors (Lipinski definition) is 1. The van der Waals surface area contributed by atoms with Crippen LogP contribution >= 0.6 is 0 Å². The van der Waals surface area contributed by atoms with Gasteiger partial charge >= 0.3 is 0 Å². The minimum absolute atomic E-state index is 0.144. The monoisotopic (exact) mass is 355 g/mol. The van der Waals surface area contributed by atoms with Crippen LogP contribution in [-0.2, 0) is 11.2 Å². The first-order valence-corrected chi connectivity index (χ1v) is 9.39. The number of phenols is 1. The quantitative estimate of drug-likeness (QED) is 0.862. The third-order valence-corrected chi connectivity index (χ3v) is 6.22. The van der Waals surface area contributed by atoms with Crippen molar-refractivity contribution in [3.63, 3.8) is 0 Å². The number of Topliss-reactive ketones (excluding diaryl/α,β-unsaturated/α-hetero) is 1. The van der Waals surface area contributed by atoms with Crippen molar-refractivity contribution in [1.29, 1.82) is 0 Å². The lowest BCUT2D eigenvalue weighted by Crippen LogP contribution is -2.44. The first-order valence-electron chi connectivity index (χ1n) is 9.39. The van der Waals surface area contributed by atoms with Crippen LogP contribution in [0, 0.1) is 20.8 Å². The van der Waals surface area contributed by atoms with E-state index in [-0.39, 0.29) is 5.78 Å². The Morgan fingerprint density at radius 1 is 1.15 bits per heavy atom. The fourth-order valence-electron chi connectivity index (χ4n) is 4.08. The van der Waals surface area contributed by atoms with Gasteiger partial charge in [-0.25, -0.2) is 0 Å². The van der Waals surface area contributed by atoms with Crippen LogP contribution < -0.4 is 4.74 Å². The fraction of sp³-hybridized carbons (Fsp3) is 0.545. The summed E-state index contributed by atoms with van der Waals surface area (Å²) in [6.45, 7) is 12.6. The summed E-state index contributed by atoms with van der Waals surface area (Å²) < 4.78 is 6.29. The van der Waals surface area contributed by atoms with Crippen LogP contribution in [-0.4, -0.2) is 28.7 Å². The lowest BCUT2D eigenvalue weighted by atomic mass is 9.83. The van der Waals surface area contributed by atoms with Gasteiger partial charge in [0.25, 0.3) is 0 Å². The molecular weight excluding hydrogens is 326 g/mol. The second-order valence-corrected chi connectivity index (χ2v) is 7.95. The van der Waals surface area contributed by atoms with E-state index in [0.29, 0.717) is 18.6 Å². The number of rotatable bonds is 4. The van der Waals surface area contributed by atoms with Crippen molar-refractivity contribution in [1.82, 2.24) is 0 Å². The highest BCUT2D eigenvalue weighted by molar-refractivity contribution is 6.01. The van der Waals surface area contributed by atoms with E-state index >= 15 is 0 Å². The Hall–Kier alpha value is -2.10. The summed E-state index contributed by atoms with van der Waals surface area (Å²) in [6, 6.07) is 0. The maximum atomic E-state index is 13.0. The van der Waals surface area contributed by atoms with Crippen molar-refractivity contribution in [3.8, 4) is 11.5 Å². The largest absolute Gasteiger partial charge is 0.507 e. The Morgan fingerprint density at radius 2 is 1.85 bits per heavy atom. The topological polar surface area (TPSA) is 58.9 Å². The Kier molecular flexibility index (Phi) is 4.72. The minimum Gasteiger partial charge on any atom is -0.507 e. The average Bonchev–Trinajstić information content (AvgIpc) is 2.94. The Labute approximate surface area is 156 Å². The molecule has 0 spiro atoms. The summed E-state index contributed by atoms with van der Waals surface area (Å²) in [5.41, 5.74) is 6.43. The van der Waals surface area contributed by atoms with Gasteiger partial charge in [-0.15, -0.1) is 0 Å². The van der Waals surface area contributed by atoms with Crippen molar-refractivity contribution in [2.24, 2.45) is 4.99 Å². The van der Waals surface area contributed by atoms with E-state index in [2.05, 4.69) is 11.9 Å². The van der Waals surface area contributed by atoms with Crippen molar-refractivity contribution < 1.29 is 14.6 Å². The zero-order valence-electron chi connectivity index (χ0n) is 16.7. The molecule has 140 valence electrons. The molecule has 0 saturated carbocycles. The van der Waals surface area contributed by atoms with Crippen molar-refractivity contribution >= 4 is 11.5 Å². The summed E-state index contributed by atoms with van der Waals surface area (Å²) in [5.74, 6) is 1.28. The molecule has 1 aromatic carbocycles. The number of carbonyl (C=O) groups excluding carboxylic acids is 1. The molecule has 0 bridgehead atoms.